The third kappa shape index (κ3) is 5.69. The Labute approximate surface area is 317 Å². The number of hydrogen-bond donors (Lipinski definition) is 2. The van der Waals surface area contributed by atoms with E-state index < -0.39 is 0 Å². The summed E-state index contributed by atoms with van der Waals surface area (Å²) < 4.78 is 0. The predicted molar refractivity (Wildman–Crippen MR) is 223 cm³/mol. The van der Waals surface area contributed by atoms with E-state index in [1.54, 1.807) is 75.3 Å². The first-order valence-corrected chi connectivity index (χ1v) is 24.1. The Bertz CT molecular complexity index is 1630. The van der Waals surface area contributed by atoms with Crippen LogP contribution in [0.2, 0.25) is 0 Å². The highest BCUT2D eigenvalue weighted by atomic mass is 31.1. The smallest absolute Gasteiger partial charge is 0.0182 e. The molecule has 8 saturated carbocycles. The molecule has 13 rings (SSSR count). The third-order valence-electron chi connectivity index (χ3n) is 16.8. The molecule has 2 saturated heterocycles. The highest BCUT2D eigenvalue weighted by Crippen LogP contribution is 2.72. The van der Waals surface area contributed by atoms with Crippen molar-refractivity contribution in [2.75, 3.05) is 26.2 Å². The molecule has 3 aromatic carbocycles. The zero-order chi connectivity index (χ0) is 34.4. The highest BCUT2D eigenvalue weighted by molar-refractivity contribution is 7.58. The van der Waals surface area contributed by atoms with Gasteiger partial charge in [-0.1, -0.05) is 68.6 Å². The molecule has 52 heavy (non-hydrogen) atoms. The van der Waals surface area contributed by atoms with Crippen LogP contribution < -0.4 is 10.6 Å². The average molecular weight is 729 g/mol. The van der Waals surface area contributed by atoms with Crippen LogP contribution in [-0.2, 0) is 11.3 Å². The molecule has 0 spiro atoms. The molecule has 2 N–H and O–H groups in total. The summed E-state index contributed by atoms with van der Waals surface area (Å²) in [6.07, 6.45) is 19.7. The van der Waals surface area contributed by atoms with Gasteiger partial charge in [0.1, 0.15) is 0 Å². The van der Waals surface area contributed by atoms with Crippen molar-refractivity contribution in [3.05, 3.63) is 83.9 Å². The SMILES string of the molecule is PC(c1cc(-c2ccccc2)c(-c2ccccc2)cc1CP(C1C2CC3CC(C2)CC1C3)C1C2CC3CC(C2)CC1C3)(C1CCNC1)C1CCNC1. The standard InChI is InChI=1S/C48H62N2P2/c51-48(41-11-13-49-27-41,42-12-14-50-28-42)45-26-44(35-9-5-2-6-10-35)43(34-7-3-1-4-8-34)25-40(45)29-52(46-36-17-30-15-31(19-36)20-37(46)18-30)47-38-21-32-16-33(23-38)24-39(47)22-32/h1-10,25-26,30-33,36-39,41-42,46-47,49-50H,11-24,27-29,51H2. The van der Waals surface area contributed by atoms with Gasteiger partial charge in [-0.25, -0.2) is 0 Å². The van der Waals surface area contributed by atoms with Crippen LogP contribution in [0, 0.1) is 59.2 Å². The molecular weight excluding hydrogens is 666 g/mol. The zero-order valence-corrected chi connectivity index (χ0v) is 33.5. The molecule has 4 heteroatoms. The fourth-order valence-corrected chi connectivity index (χ4v) is 20.7. The summed E-state index contributed by atoms with van der Waals surface area (Å²) >= 11 is 0. The number of nitrogens with one attached hydrogen (secondary N) is 2. The zero-order valence-electron chi connectivity index (χ0n) is 31.4. The molecule has 0 amide bonds. The van der Waals surface area contributed by atoms with Crippen molar-refractivity contribution >= 4 is 17.2 Å². The van der Waals surface area contributed by atoms with Crippen LogP contribution in [0.15, 0.2) is 72.8 Å². The molecule has 0 radical (unpaired) electrons. The highest BCUT2D eigenvalue weighted by Gasteiger charge is 2.57. The van der Waals surface area contributed by atoms with Crippen molar-refractivity contribution in [3.63, 3.8) is 0 Å². The fraction of sp³-hybridized carbons (Fsp3) is 0.625. The van der Waals surface area contributed by atoms with Crippen LogP contribution in [-0.4, -0.2) is 37.5 Å². The molecule has 3 unspecified atom stereocenters. The first kappa shape index (κ1) is 33.8. The summed E-state index contributed by atoms with van der Waals surface area (Å²) in [4.78, 5) is 0. The van der Waals surface area contributed by atoms with Gasteiger partial charge in [0, 0.05) is 5.16 Å². The van der Waals surface area contributed by atoms with Crippen molar-refractivity contribution in [2.45, 2.75) is 99.7 Å². The lowest BCUT2D eigenvalue weighted by Crippen LogP contribution is -2.52. The van der Waals surface area contributed by atoms with Crippen LogP contribution in [0.3, 0.4) is 0 Å². The average Bonchev–Trinajstić information content (AvgIpc) is 3.91. The van der Waals surface area contributed by atoms with Crippen molar-refractivity contribution in [2.24, 2.45) is 59.2 Å². The van der Waals surface area contributed by atoms with Gasteiger partial charge in [-0.15, -0.1) is 9.24 Å². The minimum Gasteiger partial charge on any atom is -0.316 e. The van der Waals surface area contributed by atoms with Crippen molar-refractivity contribution < 1.29 is 0 Å². The summed E-state index contributed by atoms with van der Waals surface area (Å²) in [7, 11) is 3.56. The van der Waals surface area contributed by atoms with Crippen LogP contribution in [0.5, 0.6) is 0 Å². The molecule has 2 nitrogen and oxygen atoms in total. The monoisotopic (exact) mass is 728 g/mol. The van der Waals surface area contributed by atoms with E-state index in [0.29, 0.717) is 11.8 Å². The molecule has 8 aliphatic carbocycles. The van der Waals surface area contributed by atoms with E-state index >= 15 is 0 Å². The van der Waals surface area contributed by atoms with Gasteiger partial charge in [-0.3, -0.25) is 0 Å². The maximum Gasteiger partial charge on any atom is 0.0182 e. The van der Waals surface area contributed by atoms with Gasteiger partial charge in [-0.05, 0) is 225 Å². The quantitative estimate of drug-likeness (QED) is 0.214. The van der Waals surface area contributed by atoms with E-state index in [9.17, 15) is 0 Å². The van der Waals surface area contributed by atoms with E-state index in [2.05, 4.69) is 92.7 Å². The summed E-state index contributed by atoms with van der Waals surface area (Å²) in [6.45, 7) is 4.64. The van der Waals surface area contributed by atoms with E-state index in [4.69, 9.17) is 0 Å². The van der Waals surface area contributed by atoms with Crippen LogP contribution in [0.25, 0.3) is 22.3 Å². The first-order valence-electron chi connectivity index (χ1n) is 21.8. The second kappa shape index (κ2) is 13.6. The second-order valence-electron chi connectivity index (χ2n) is 19.6. The Morgan fingerprint density at radius 1 is 0.558 bits per heavy atom. The lowest BCUT2D eigenvalue weighted by Gasteiger charge is -2.62. The van der Waals surface area contributed by atoms with Gasteiger partial charge < -0.3 is 10.6 Å². The number of hydrogen-bond acceptors (Lipinski definition) is 2. The van der Waals surface area contributed by atoms with Gasteiger partial charge in [0.05, 0.1) is 0 Å². The van der Waals surface area contributed by atoms with Gasteiger partial charge >= 0.3 is 0 Å². The Morgan fingerprint density at radius 2 is 0.981 bits per heavy atom. The van der Waals surface area contributed by atoms with Gasteiger partial charge in [0.25, 0.3) is 0 Å². The molecule has 10 fully saturated rings. The largest absolute Gasteiger partial charge is 0.316 e. The lowest BCUT2D eigenvalue weighted by atomic mass is 9.55. The van der Waals surface area contributed by atoms with Crippen molar-refractivity contribution in [1.82, 2.24) is 10.6 Å². The van der Waals surface area contributed by atoms with Crippen LogP contribution in [0.4, 0.5) is 0 Å². The maximum atomic E-state index is 3.86. The molecular formula is C48H62N2P2. The molecule has 3 aromatic rings. The Hall–Kier alpha value is -1.56. The Kier molecular flexibility index (Phi) is 8.81. The molecule has 8 bridgehead atoms. The molecule has 2 aliphatic heterocycles. The predicted octanol–water partition coefficient (Wildman–Crippen LogP) is 10.9. The third-order valence-corrected chi connectivity index (χ3v) is 22.0. The second-order valence-corrected chi connectivity index (χ2v) is 23.1. The first-order chi connectivity index (χ1) is 25.6. The van der Waals surface area contributed by atoms with E-state index in [-0.39, 0.29) is 13.1 Å². The minimum atomic E-state index is -0.110. The summed E-state index contributed by atoms with van der Waals surface area (Å²) in [5, 5.41) is 7.80. The minimum absolute atomic E-state index is 0.0796. The topological polar surface area (TPSA) is 24.1 Å². The van der Waals surface area contributed by atoms with Gasteiger partial charge in [-0.2, -0.15) is 0 Å². The van der Waals surface area contributed by atoms with Gasteiger partial charge in [0.15, 0.2) is 0 Å². The molecule has 274 valence electrons. The van der Waals surface area contributed by atoms with E-state index in [1.165, 1.54) is 41.3 Å². The van der Waals surface area contributed by atoms with E-state index in [0.717, 1.165) is 84.8 Å². The maximum absolute atomic E-state index is 3.86. The summed E-state index contributed by atoms with van der Waals surface area (Å²) in [5.74, 6) is 9.65. The number of benzene rings is 3. The normalized spacial score (nSPS) is 40.3. The van der Waals surface area contributed by atoms with Crippen LogP contribution >= 0.6 is 17.2 Å². The fourth-order valence-electron chi connectivity index (χ4n) is 15.3. The Morgan fingerprint density at radius 3 is 1.38 bits per heavy atom. The van der Waals surface area contributed by atoms with Crippen LogP contribution in [0.1, 0.15) is 88.2 Å². The Balaban J connectivity index is 1.11. The van der Waals surface area contributed by atoms with Gasteiger partial charge in [0.2, 0.25) is 0 Å². The number of rotatable bonds is 9. The molecule has 10 aliphatic rings. The molecule has 2 heterocycles. The molecule has 0 aromatic heterocycles. The van der Waals surface area contributed by atoms with Crippen molar-refractivity contribution in [3.8, 4) is 22.3 Å². The summed E-state index contributed by atoms with van der Waals surface area (Å²) in [6, 6.07) is 28.6. The molecule has 3 atom stereocenters. The summed E-state index contributed by atoms with van der Waals surface area (Å²) in [5.41, 5.74) is 11.2. The van der Waals surface area contributed by atoms with E-state index in [1.807, 2.05) is 0 Å². The lowest BCUT2D eigenvalue weighted by molar-refractivity contribution is 0.0129. The van der Waals surface area contributed by atoms with Crippen molar-refractivity contribution in [1.29, 1.82) is 0 Å².